The highest BCUT2D eigenvalue weighted by Crippen LogP contribution is 2.29. The lowest BCUT2D eigenvalue weighted by atomic mass is 10.1. The van der Waals surface area contributed by atoms with Crippen molar-refractivity contribution in [2.45, 2.75) is 57.7 Å². The molecule has 3 rings (SSSR count). The highest BCUT2D eigenvalue weighted by Gasteiger charge is 2.33. The van der Waals surface area contributed by atoms with Crippen LogP contribution < -0.4 is 9.62 Å². The molecule has 0 aromatic heterocycles. The van der Waals surface area contributed by atoms with Crippen molar-refractivity contribution in [3.05, 3.63) is 63.1 Å². The minimum absolute atomic E-state index is 0.00551. The van der Waals surface area contributed by atoms with Crippen LogP contribution >= 0.6 is 34.8 Å². The summed E-state index contributed by atoms with van der Waals surface area (Å²) in [5.74, 6) is -0.828. The molecule has 2 aromatic rings. The molecule has 36 heavy (non-hydrogen) atoms. The van der Waals surface area contributed by atoms with Crippen LogP contribution in [0.4, 0.5) is 5.69 Å². The van der Waals surface area contributed by atoms with Crippen LogP contribution in [0.1, 0.15) is 44.6 Å². The number of halogens is 3. The summed E-state index contributed by atoms with van der Waals surface area (Å²) in [6.07, 6.45) is 5.23. The first kappa shape index (κ1) is 28.6. The first-order chi connectivity index (χ1) is 17.0. The molecule has 0 aliphatic heterocycles. The lowest BCUT2D eigenvalue weighted by Crippen LogP contribution is -2.53. The first-order valence-corrected chi connectivity index (χ1v) is 14.8. The molecule has 1 N–H and O–H groups in total. The third-order valence-corrected chi connectivity index (χ3v) is 8.28. The van der Waals surface area contributed by atoms with E-state index in [1.165, 1.54) is 11.0 Å². The zero-order valence-corrected chi connectivity index (χ0v) is 23.3. The van der Waals surface area contributed by atoms with E-state index in [0.29, 0.717) is 22.0 Å². The Morgan fingerprint density at radius 2 is 1.72 bits per heavy atom. The number of nitrogens with one attached hydrogen (secondary N) is 1. The van der Waals surface area contributed by atoms with Gasteiger partial charge in [0.1, 0.15) is 12.6 Å². The van der Waals surface area contributed by atoms with Gasteiger partial charge in [-0.15, -0.1) is 0 Å². The maximum absolute atomic E-state index is 13.7. The standard InChI is InChI=1S/C25H30Cl3N3O4S/c1-3-22(25(33)29-19-8-4-5-9-19)30(15-17-12-13-18(26)14-21(17)28)24(32)16-31(36(2,34)35)23-11-7-6-10-20(23)27/h6-7,10-14,19,22H,3-5,8-9,15-16H2,1-2H3,(H,29,33). The normalized spacial score (nSPS) is 14.9. The lowest BCUT2D eigenvalue weighted by molar-refractivity contribution is -0.140. The summed E-state index contributed by atoms with van der Waals surface area (Å²) in [4.78, 5) is 28.4. The van der Waals surface area contributed by atoms with E-state index in [4.69, 9.17) is 34.8 Å². The molecule has 1 aliphatic rings. The van der Waals surface area contributed by atoms with Gasteiger partial charge in [0.2, 0.25) is 21.8 Å². The molecule has 0 heterocycles. The first-order valence-electron chi connectivity index (χ1n) is 11.8. The zero-order valence-electron chi connectivity index (χ0n) is 20.2. The maximum Gasteiger partial charge on any atom is 0.244 e. The van der Waals surface area contributed by atoms with E-state index in [1.807, 2.05) is 6.92 Å². The van der Waals surface area contributed by atoms with Crippen LogP contribution in [0.3, 0.4) is 0 Å². The predicted molar refractivity (Wildman–Crippen MR) is 145 cm³/mol. The molecule has 2 amide bonds. The molecule has 0 spiro atoms. The highest BCUT2D eigenvalue weighted by molar-refractivity contribution is 7.92. The average molecular weight is 575 g/mol. The molecule has 1 atom stereocenters. The molecular weight excluding hydrogens is 545 g/mol. The van der Waals surface area contributed by atoms with Gasteiger partial charge >= 0.3 is 0 Å². The monoisotopic (exact) mass is 573 g/mol. The maximum atomic E-state index is 13.7. The molecule has 1 aliphatic carbocycles. The second kappa shape index (κ2) is 12.5. The molecule has 0 bridgehead atoms. The zero-order chi connectivity index (χ0) is 26.5. The molecule has 7 nitrogen and oxygen atoms in total. The summed E-state index contributed by atoms with van der Waals surface area (Å²) in [5, 5.41) is 4.03. The smallest absolute Gasteiger partial charge is 0.244 e. The summed E-state index contributed by atoms with van der Waals surface area (Å²) < 4.78 is 26.3. The number of hydrogen-bond donors (Lipinski definition) is 1. The SMILES string of the molecule is CCC(C(=O)NC1CCCC1)N(Cc1ccc(Cl)cc1Cl)C(=O)CN(c1ccccc1Cl)S(C)(=O)=O. The van der Waals surface area contributed by atoms with Gasteiger partial charge in [0.15, 0.2) is 0 Å². The Labute approximate surface area is 227 Å². The highest BCUT2D eigenvalue weighted by atomic mass is 35.5. The Morgan fingerprint density at radius 3 is 2.31 bits per heavy atom. The fourth-order valence-corrected chi connectivity index (χ4v) is 5.99. The summed E-state index contributed by atoms with van der Waals surface area (Å²) in [7, 11) is -3.87. The van der Waals surface area contributed by atoms with E-state index in [0.717, 1.165) is 36.2 Å². The van der Waals surface area contributed by atoms with Gasteiger partial charge in [-0.1, -0.05) is 72.8 Å². The van der Waals surface area contributed by atoms with Gasteiger partial charge < -0.3 is 10.2 Å². The van der Waals surface area contributed by atoms with Gasteiger partial charge in [-0.3, -0.25) is 13.9 Å². The second-order valence-electron chi connectivity index (χ2n) is 8.89. The number of rotatable bonds is 10. The van der Waals surface area contributed by atoms with Crippen molar-refractivity contribution in [2.75, 3.05) is 17.1 Å². The molecule has 196 valence electrons. The van der Waals surface area contributed by atoms with Crippen LogP contribution in [-0.4, -0.2) is 50.0 Å². The number of para-hydroxylation sites is 1. The fraction of sp³-hybridized carbons (Fsp3) is 0.440. The minimum atomic E-state index is -3.87. The molecule has 1 saturated carbocycles. The van der Waals surface area contributed by atoms with Gasteiger partial charge in [-0.05, 0) is 49.1 Å². The van der Waals surface area contributed by atoms with Gasteiger partial charge in [0, 0.05) is 22.6 Å². The Hall–Kier alpha value is -2.00. The van der Waals surface area contributed by atoms with E-state index in [9.17, 15) is 18.0 Å². The molecule has 0 radical (unpaired) electrons. The average Bonchev–Trinajstić information content (AvgIpc) is 3.31. The topological polar surface area (TPSA) is 86.8 Å². The van der Waals surface area contributed by atoms with E-state index < -0.39 is 28.5 Å². The van der Waals surface area contributed by atoms with Crippen molar-refractivity contribution in [3.63, 3.8) is 0 Å². The number of sulfonamides is 1. The third kappa shape index (κ3) is 7.28. The van der Waals surface area contributed by atoms with Crippen molar-refractivity contribution in [1.29, 1.82) is 0 Å². The van der Waals surface area contributed by atoms with Crippen molar-refractivity contribution in [3.8, 4) is 0 Å². The summed E-state index contributed by atoms with van der Waals surface area (Å²) in [5.41, 5.74) is 0.771. The van der Waals surface area contributed by atoms with Crippen molar-refractivity contribution in [1.82, 2.24) is 10.2 Å². The molecule has 11 heteroatoms. The number of carbonyl (C=O) groups is 2. The molecule has 0 saturated heterocycles. The number of carbonyl (C=O) groups excluding carboxylic acids is 2. The minimum Gasteiger partial charge on any atom is -0.352 e. The van der Waals surface area contributed by atoms with Crippen molar-refractivity contribution < 1.29 is 18.0 Å². The number of nitrogens with zero attached hydrogens (tertiary/aromatic N) is 2. The fourth-order valence-electron chi connectivity index (χ4n) is 4.37. The number of amides is 2. The number of anilines is 1. The van der Waals surface area contributed by atoms with Crippen LogP contribution in [0.5, 0.6) is 0 Å². The molecular formula is C25H30Cl3N3O4S. The number of benzene rings is 2. The van der Waals surface area contributed by atoms with E-state index in [2.05, 4.69) is 5.32 Å². The third-order valence-electron chi connectivity index (χ3n) is 6.24. The lowest BCUT2D eigenvalue weighted by Gasteiger charge is -2.33. The molecule has 1 unspecified atom stereocenters. The quantitative estimate of drug-likeness (QED) is 0.418. The molecule has 2 aromatic carbocycles. The Kier molecular flexibility index (Phi) is 9.92. The second-order valence-corrected chi connectivity index (χ2v) is 12.1. The van der Waals surface area contributed by atoms with Crippen molar-refractivity contribution >= 4 is 62.3 Å². The van der Waals surface area contributed by atoms with Gasteiger partial charge in [-0.2, -0.15) is 0 Å². The number of hydrogen-bond acceptors (Lipinski definition) is 4. The predicted octanol–water partition coefficient (Wildman–Crippen LogP) is 5.28. The van der Waals surface area contributed by atoms with Crippen LogP contribution in [0.2, 0.25) is 15.1 Å². The van der Waals surface area contributed by atoms with Gasteiger partial charge in [-0.25, -0.2) is 8.42 Å². The van der Waals surface area contributed by atoms with Crippen LogP contribution in [0.15, 0.2) is 42.5 Å². The molecule has 1 fully saturated rings. The van der Waals surface area contributed by atoms with E-state index >= 15 is 0 Å². The largest absolute Gasteiger partial charge is 0.352 e. The van der Waals surface area contributed by atoms with Crippen LogP contribution in [-0.2, 0) is 26.2 Å². The summed E-state index contributed by atoms with van der Waals surface area (Å²) in [6.45, 7) is 1.29. The van der Waals surface area contributed by atoms with Crippen LogP contribution in [0.25, 0.3) is 0 Å². The Morgan fingerprint density at radius 1 is 1.06 bits per heavy atom. The van der Waals surface area contributed by atoms with E-state index in [-0.39, 0.29) is 29.2 Å². The summed E-state index contributed by atoms with van der Waals surface area (Å²) >= 11 is 18.7. The van der Waals surface area contributed by atoms with Gasteiger partial charge in [0.25, 0.3) is 0 Å². The van der Waals surface area contributed by atoms with Crippen LogP contribution in [0, 0.1) is 0 Å². The van der Waals surface area contributed by atoms with Crippen molar-refractivity contribution in [2.24, 2.45) is 0 Å². The van der Waals surface area contributed by atoms with E-state index in [1.54, 1.807) is 36.4 Å². The Balaban J connectivity index is 1.96. The summed E-state index contributed by atoms with van der Waals surface area (Å²) in [6, 6.07) is 10.5. The van der Waals surface area contributed by atoms with Gasteiger partial charge in [0.05, 0.1) is 17.0 Å². The Bertz CT molecular complexity index is 1200.